The maximum Gasteiger partial charge on any atom is 0.231 e. The molecule has 0 aliphatic carbocycles. The first-order chi connectivity index (χ1) is 7.92. The van der Waals surface area contributed by atoms with Crippen LogP contribution in [0, 0.1) is 0 Å². The zero-order valence-corrected chi connectivity index (χ0v) is 8.34. The van der Waals surface area contributed by atoms with Crippen LogP contribution >= 0.6 is 0 Å². The molecule has 0 fully saturated rings. The molecule has 1 aliphatic heterocycles. The quantitative estimate of drug-likeness (QED) is 0.837. The Labute approximate surface area is 91.1 Å². The summed E-state index contributed by atoms with van der Waals surface area (Å²) < 4.78 is 16.0. The molecule has 82 valence electrons. The van der Waals surface area contributed by atoms with Crippen molar-refractivity contribution in [2.75, 3.05) is 6.79 Å². The van der Waals surface area contributed by atoms with Crippen molar-refractivity contribution in [2.24, 2.45) is 0 Å². The second-order valence-corrected chi connectivity index (χ2v) is 3.27. The zero-order valence-electron chi connectivity index (χ0n) is 8.34. The van der Waals surface area contributed by atoms with Crippen LogP contribution in [0.1, 0.15) is 5.69 Å². The van der Waals surface area contributed by atoms with Gasteiger partial charge in [-0.05, 0) is 12.1 Å². The lowest BCUT2D eigenvalue weighted by molar-refractivity contribution is 0.173. The normalized spacial score (nSPS) is 12.8. The maximum atomic E-state index is 5.52. The number of aromatic nitrogens is 3. The molecule has 0 amide bonds. The fraction of sp³-hybridized carbons (Fsp3) is 0.200. The Balaban J connectivity index is 1.71. The maximum absolute atomic E-state index is 5.52. The average Bonchev–Trinajstić information content (AvgIpc) is 2.97. The summed E-state index contributed by atoms with van der Waals surface area (Å²) in [5, 5.41) is 10.1. The molecule has 0 spiro atoms. The molecule has 0 saturated carbocycles. The molecule has 0 atom stereocenters. The third-order valence-electron chi connectivity index (χ3n) is 2.20. The Morgan fingerprint density at radius 2 is 2.25 bits per heavy atom. The highest BCUT2D eigenvalue weighted by Crippen LogP contribution is 2.35. The lowest BCUT2D eigenvalue weighted by Crippen LogP contribution is -1.95. The monoisotopic (exact) mass is 219 g/mol. The van der Waals surface area contributed by atoms with Gasteiger partial charge in [0.1, 0.15) is 18.1 Å². The minimum Gasteiger partial charge on any atom is -0.487 e. The minimum atomic E-state index is 0.266. The van der Waals surface area contributed by atoms with Crippen LogP contribution in [0.2, 0.25) is 0 Å². The van der Waals surface area contributed by atoms with Gasteiger partial charge in [0, 0.05) is 6.07 Å². The number of hydrogen-bond donors (Lipinski definition) is 1. The van der Waals surface area contributed by atoms with Crippen LogP contribution in [0.3, 0.4) is 0 Å². The zero-order chi connectivity index (χ0) is 10.8. The highest BCUT2D eigenvalue weighted by molar-refractivity contribution is 5.46. The molecular weight excluding hydrogens is 210 g/mol. The Morgan fingerprint density at radius 3 is 3.12 bits per heavy atom. The van der Waals surface area contributed by atoms with Gasteiger partial charge in [-0.2, -0.15) is 15.4 Å². The fourth-order valence-electron chi connectivity index (χ4n) is 1.42. The average molecular weight is 219 g/mol. The van der Waals surface area contributed by atoms with E-state index in [2.05, 4.69) is 15.4 Å². The predicted molar refractivity (Wildman–Crippen MR) is 53.3 cm³/mol. The van der Waals surface area contributed by atoms with Gasteiger partial charge in [0.2, 0.25) is 6.79 Å². The molecule has 0 saturated heterocycles. The van der Waals surface area contributed by atoms with E-state index in [9.17, 15) is 0 Å². The number of rotatable bonds is 3. The van der Waals surface area contributed by atoms with E-state index in [4.69, 9.17) is 14.2 Å². The Bertz CT molecular complexity index is 484. The van der Waals surface area contributed by atoms with Crippen LogP contribution in [0.5, 0.6) is 17.2 Å². The molecule has 2 aromatic rings. The number of H-pyrrole nitrogens is 1. The molecular formula is C10H9N3O3. The molecule has 2 heterocycles. The summed E-state index contributed by atoms with van der Waals surface area (Å²) >= 11 is 0. The van der Waals surface area contributed by atoms with E-state index in [1.54, 1.807) is 12.3 Å². The van der Waals surface area contributed by atoms with Crippen molar-refractivity contribution in [3.63, 3.8) is 0 Å². The summed E-state index contributed by atoms with van der Waals surface area (Å²) in [6.07, 6.45) is 1.62. The van der Waals surface area contributed by atoms with Gasteiger partial charge >= 0.3 is 0 Å². The summed E-state index contributed by atoms with van der Waals surface area (Å²) in [6.45, 7) is 0.637. The van der Waals surface area contributed by atoms with Crippen molar-refractivity contribution >= 4 is 0 Å². The van der Waals surface area contributed by atoms with Gasteiger partial charge < -0.3 is 14.2 Å². The summed E-state index contributed by atoms with van der Waals surface area (Å²) in [5.74, 6) is 2.17. The van der Waals surface area contributed by atoms with Crippen molar-refractivity contribution < 1.29 is 14.2 Å². The van der Waals surface area contributed by atoms with Crippen molar-refractivity contribution in [2.45, 2.75) is 6.61 Å². The van der Waals surface area contributed by atoms with Gasteiger partial charge in [-0.25, -0.2) is 0 Å². The number of nitrogens with one attached hydrogen (secondary N) is 1. The SMILES string of the molecule is c1cc2c(cc1OCc1cn[nH]n1)OCO2. The fourth-order valence-corrected chi connectivity index (χ4v) is 1.42. The van der Waals surface area contributed by atoms with Crippen LogP contribution in [0.4, 0.5) is 0 Å². The van der Waals surface area contributed by atoms with E-state index in [-0.39, 0.29) is 6.79 Å². The molecule has 1 aromatic carbocycles. The molecule has 6 nitrogen and oxygen atoms in total. The van der Waals surface area contributed by atoms with Crippen LogP contribution < -0.4 is 14.2 Å². The molecule has 1 aliphatic rings. The van der Waals surface area contributed by atoms with Gasteiger partial charge in [-0.3, -0.25) is 0 Å². The number of hydrogen-bond acceptors (Lipinski definition) is 5. The third-order valence-corrected chi connectivity index (χ3v) is 2.20. The number of ether oxygens (including phenoxy) is 3. The van der Waals surface area contributed by atoms with Crippen molar-refractivity contribution in [3.05, 3.63) is 30.1 Å². The van der Waals surface area contributed by atoms with Crippen molar-refractivity contribution in [3.8, 4) is 17.2 Å². The topological polar surface area (TPSA) is 69.3 Å². The highest BCUT2D eigenvalue weighted by Gasteiger charge is 2.13. The van der Waals surface area contributed by atoms with Crippen LogP contribution in [-0.2, 0) is 6.61 Å². The Kier molecular flexibility index (Phi) is 2.10. The van der Waals surface area contributed by atoms with Gasteiger partial charge in [0.05, 0.1) is 6.20 Å². The van der Waals surface area contributed by atoms with Crippen LogP contribution in [-0.4, -0.2) is 22.2 Å². The van der Waals surface area contributed by atoms with E-state index in [0.29, 0.717) is 18.1 Å². The van der Waals surface area contributed by atoms with Crippen molar-refractivity contribution in [1.82, 2.24) is 15.4 Å². The van der Waals surface area contributed by atoms with Gasteiger partial charge in [0.25, 0.3) is 0 Å². The summed E-state index contributed by atoms with van der Waals surface area (Å²) in [5.41, 5.74) is 0.748. The standard InChI is InChI=1S/C10H9N3O3/c1-2-9-10(16-6-15-9)3-8(1)14-5-7-4-11-13-12-7/h1-4H,5-6H2,(H,11,12,13). The summed E-state index contributed by atoms with van der Waals surface area (Å²) in [4.78, 5) is 0. The third kappa shape index (κ3) is 1.65. The second kappa shape index (κ2) is 3.73. The Morgan fingerprint density at radius 1 is 1.31 bits per heavy atom. The number of nitrogens with zero attached hydrogens (tertiary/aromatic N) is 2. The molecule has 0 radical (unpaired) electrons. The molecule has 1 aromatic heterocycles. The van der Waals surface area contributed by atoms with Crippen molar-refractivity contribution in [1.29, 1.82) is 0 Å². The smallest absolute Gasteiger partial charge is 0.231 e. The number of benzene rings is 1. The van der Waals surface area contributed by atoms with E-state index in [1.165, 1.54) is 0 Å². The van der Waals surface area contributed by atoms with E-state index in [0.717, 1.165) is 11.4 Å². The first-order valence-corrected chi connectivity index (χ1v) is 4.79. The van der Waals surface area contributed by atoms with E-state index < -0.39 is 0 Å². The first kappa shape index (κ1) is 9.02. The Hall–Kier alpha value is -2.24. The molecule has 1 N–H and O–H groups in total. The number of fused-ring (bicyclic) bond motifs is 1. The number of aromatic amines is 1. The lowest BCUT2D eigenvalue weighted by atomic mass is 10.3. The highest BCUT2D eigenvalue weighted by atomic mass is 16.7. The minimum absolute atomic E-state index is 0.266. The lowest BCUT2D eigenvalue weighted by Gasteiger charge is -2.04. The summed E-state index contributed by atoms with van der Waals surface area (Å²) in [6, 6.07) is 5.44. The van der Waals surface area contributed by atoms with E-state index >= 15 is 0 Å². The van der Waals surface area contributed by atoms with Gasteiger partial charge in [-0.15, -0.1) is 0 Å². The molecule has 0 unspecified atom stereocenters. The van der Waals surface area contributed by atoms with Gasteiger partial charge in [0.15, 0.2) is 11.5 Å². The molecule has 6 heteroatoms. The molecule has 16 heavy (non-hydrogen) atoms. The molecule has 3 rings (SSSR count). The van der Waals surface area contributed by atoms with Crippen LogP contribution in [0.25, 0.3) is 0 Å². The predicted octanol–water partition coefficient (Wildman–Crippen LogP) is 1.11. The first-order valence-electron chi connectivity index (χ1n) is 4.79. The van der Waals surface area contributed by atoms with Crippen LogP contribution in [0.15, 0.2) is 24.4 Å². The second-order valence-electron chi connectivity index (χ2n) is 3.27. The summed E-state index contributed by atoms with van der Waals surface area (Å²) in [7, 11) is 0. The van der Waals surface area contributed by atoms with Gasteiger partial charge in [-0.1, -0.05) is 0 Å². The van der Waals surface area contributed by atoms with E-state index in [1.807, 2.05) is 12.1 Å². The molecule has 0 bridgehead atoms. The largest absolute Gasteiger partial charge is 0.487 e.